The molecule has 0 aliphatic rings. The summed E-state index contributed by atoms with van der Waals surface area (Å²) in [4.78, 5) is 35.6. The Morgan fingerprint density at radius 1 is 0.929 bits per heavy atom. The zero-order valence-corrected chi connectivity index (χ0v) is 17.5. The number of carbonyl (C=O) groups excluding carboxylic acids is 3. The molecule has 1 atom stereocenters. The molecule has 0 aliphatic heterocycles. The van der Waals surface area contributed by atoms with Gasteiger partial charge in [-0.15, -0.1) is 0 Å². The molecule has 0 saturated heterocycles. The van der Waals surface area contributed by atoms with Crippen LogP contribution in [-0.4, -0.2) is 42.6 Å². The van der Waals surface area contributed by atoms with E-state index in [1.54, 1.807) is 65.8 Å². The van der Waals surface area contributed by atoms with Gasteiger partial charge in [0.05, 0.1) is 7.11 Å². The normalized spacial score (nSPS) is 12.5. The first kappa shape index (κ1) is 23.3. The van der Waals surface area contributed by atoms with Crippen molar-refractivity contribution in [3.05, 3.63) is 29.8 Å². The standard InChI is InChI=1S/C20H29NO7/c1-19(2,3)27-17(23)21-15(16(22)25-7)12-13-8-10-14(11-9-13)26-18(24)28-20(4,5)6/h8-11,15H,12H2,1-7H3,(H,21,23)/t15-/m0/s1. The average Bonchev–Trinajstić information content (AvgIpc) is 2.51. The molecule has 8 heteroatoms. The molecule has 28 heavy (non-hydrogen) atoms. The largest absolute Gasteiger partial charge is 0.514 e. The minimum Gasteiger partial charge on any atom is -0.467 e. The van der Waals surface area contributed by atoms with E-state index in [0.29, 0.717) is 5.75 Å². The molecule has 0 heterocycles. The van der Waals surface area contributed by atoms with Crippen molar-refractivity contribution in [2.75, 3.05) is 7.11 Å². The van der Waals surface area contributed by atoms with E-state index in [-0.39, 0.29) is 6.42 Å². The molecule has 0 fully saturated rings. The van der Waals surface area contributed by atoms with Crippen LogP contribution >= 0.6 is 0 Å². The Hall–Kier alpha value is -2.77. The molecule has 0 radical (unpaired) electrons. The molecule has 0 spiro atoms. The summed E-state index contributed by atoms with van der Waals surface area (Å²) in [5.74, 6) is -0.298. The van der Waals surface area contributed by atoms with Crippen LogP contribution in [0.3, 0.4) is 0 Å². The van der Waals surface area contributed by atoms with Gasteiger partial charge in [0.2, 0.25) is 0 Å². The van der Waals surface area contributed by atoms with E-state index in [1.165, 1.54) is 7.11 Å². The fourth-order valence-corrected chi connectivity index (χ4v) is 2.08. The number of carbonyl (C=O) groups is 3. The third-order valence-corrected chi connectivity index (χ3v) is 3.13. The van der Waals surface area contributed by atoms with Gasteiger partial charge < -0.3 is 24.3 Å². The van der Waals surface area contributed by atoms with Crippen LogP contribution in [0.1, 0.15) is 47.1 Å². The van der Waals surface area contributed by atoms with Crippen LogP contribution in [0.25, 0.3) is 0 Å². The predicted octanol–water partition coefficient (Wildman–Crippen LogP) is 3.61. The van der Waals surface area contributed by atoms with Crippen LogP contribution in [0.15, 0.2) is 24.3 Å². The first-order valence-corrected chi connectivity index (χ1v) is 8.86. The van der Waals surface area contributed by atoms with Crippen LogP contribution in [0.4, 0.5) is 9.59 Å². The monoisotopic (exact) mass is 395 g/mol. The van der Waals surface area contributed by atoms with Crippen LogP contribution in [0.2, 0.25) is 0 Å². The number of alkyl carbamates (subject to hydrolysis) is 1. The van der Waals surface area contributed by atoms with E-state index in [1.807, 2.05) is 0 Å². The maximum absolute atomic E-state index is 12.0. The number of hydrogen-bond acceptors (Lipinski definition) is 7. The lowest BCUT2D eigenvalue weighted by atomic mass is 10.1. The van der Waals surface area contributed by atoms with Crippen molar-refractivity contribution < 1.29 is 33.3 Å². The number of hydrogen-bond donors (Lipinski definition) is 1. The van der Waals surface area contributed by atoms with Crippen LogP contribution < -0.4 is 10.1 Å². The highest BCUT2D eigenvalue weighted by Gasteiger charge is 2.25. The van der Waals surface area contributed by atoms with Crippen LogP contribution in [-0.2, 0) is 25.4 Å². The maximum Gasteiger partial charge on any atom is 0.514 e. The van der Waals surface area contributed by atoms with Crippen molar-refractivity contribution in [1.29, 1.82) is 0 Å². The first-order chi connectivity index (χ1) is 12.8. The van der Waals surface area contributed by atoms with Gasteiger partial charge in [0, 0.05) is 6.42 Å². The number of nitrogens with one attached hydrogen (secondary N) is 1. The Balaban J connectivity index is 2.75. The molecule has 1 aromatic carbocycles. The van der Waals surface area contributed by atoms with Gasteiger partial charge >= 0.3 is 18.2 Å². The fraction of sp³-hybridized carbons (Fsp3) is 0.550. The Kier molecular flexibility index (Phi) is 7.84. The molecule has 0 unspecified atom stereocenters. The molecule has 8 nitrogen and oxygen atoms in total. The van der Waals surface area contributed by atoms with Crippen LogP contribution in [0.5, 0.6) is 5.75 Å². The van der Waals surface area contributed by atoms with Gasteiger partial charge in [-0.2, -0.15) is 0 Å². The first-order valence-electron chi connectivity index (χ1n) is 8.86. The highest BCUT2D eigenvalue weighted by Crippen LogP contribution is 2.17. The second kappa shape index (κ2) is 9.43. The zero-order chi connectivity index (χ0) is 21.5. The molecule has 1 N–H and O–H groups in total. The SMILES string of the molecule is COC(=O)[C@H](Cc1ccc(OC(=O)OC(C)(C)C)cc1)NC(=O)OC(C)(C)C. The van der Waals surface area contributed by atoms with Gasteiger partial charge in [-0.1, -0.05) is 12.1 Å². The summed E-state index contributed by atoms with van der Waals surface area (Å²) in [7, 11) is 1.24. The zero-order valence-electron chi connectivity index (χ0n) is 17.5. The van der Waals surface area contributed by atoms with E-state index in [4.69, 9.17) is 18.9 Å². The van der Waals surface area contributed by atoms with Crippen molar-refractivity contribution in [2.45, 2.75) is 65.2 Å². The predicted molar refractivity (Wildman–Crippen MR) is 102 cm³/mol. The third kappa shape index (κ3) is 9.25. The van der Waals surface area contributed by atoms with Crippen molar-refractivity contribution >= 4 is 18.2 Å². The molecule has 1 amide bonds. The topological polar surface area (TPSA) is 100 Å². The summed E-state index contributed by atoms with van der Waals surface area (Å²) in [6.07, 6.45) is -1.34. The Morgan fingerprint density at radius 3 is 1.93 bits per heavy atom. The highest BCUT2D eigenvalue weighted by molar-refractivity contribution is 5.81. The quantitative estimate of drug-likeness (QED) is 0.462. The Bertz CT molecular complexity index is 684. The molecule has 1 rings (SSSR count). The molecule has 156 valence electrons. The molecule has 0 aromatic heterocycles. The Morgan fingerprint density at radius 2 is 1.46 bits per heavy atom. The van der Waals surface area contributed by atoms with Gasteiger partial charge in [-0.3, -0.25) is 0 Å². The summed E-state index contributed by atoms with van der Waals surface area (Å²) < 4.78 is 20.1. The molecule has 0 bridgehead atoms. The smallest absolute Gasteiger partial charge is 0.467 e. The van der Waals surface area contributed by atoms with Crippen molar-refractivity contribution in [3.63, 3.8) is 0 Å². The lowest BCUT2D eigenvalue weighted by Crippen LogP contribution is -2.45. The fourth-order valence-electron chi connectivity index (χ4n) is 2.08. The molecule has 0 saturated carbocycles. The summed E-state index contributed by atoms with van der Waals surface area (Å²) in [5, 5.41) is 2.50. The van der Waals surface area contributed by atoms with Gasteiger partial charge in [0.1, 0.15) is 23.0 Å². The number of amides is 1. The van der Waals surface area contributed by atoms with Gasteiger partial charge in [0.15, 0.2) is 0 Å². The average molecular weight is 395 g/mol. The molecule has 1 aromatic rings. The number of rotatable bonds is 5. The van der Waals surface area contributed by atoms with E-state index in [2.05, 4.69) is 5.32 Å². The van der Waals surface area contributed by atoms with Crippen molar-refractivity contribution in [3.8, 4) is 5.75 Å². The second-order valence-corrected chi connectivity index (χ2v) is 8.14. The van der Waals surface area contributed by atoms with Gasteiger partial charge in [0.25, 0.3) is 0 Å². The van der Waals surface area contributed by atoms with Crippen molar-refractivity contribution in [2.24, 2.45) is 0 Å². The maximum atomic E-state index is 12.0. The van der Waals surface area contributed by atoms with E-state index >= 15 is 0 Å². The minimum absolute atomic E-state index is 0.179. The Labute approximate surface area is 165 Å². The molecular formula is C20H29NO7. The van der Waals surface area contributed by atoms with E-state index in [0.717, 1.165) is 5.56 Å². The molecular weight excluding hydrogens is 366 g/mol. The minimum atomic E-state index is -0.919. The third-order valence-electron chi connectivity index (χ3n) is 3.13. The lowest BCUT2D eigenvalue weighted by molar-refractivity contribution is -0.143. The summed E-state index contributed by atoms with van der Waals surface area (Å²) in [6, 6.07) is 5.57. The van der Waals surface area contributed by atoms with Crippen LogP contribution in [0, 0.1) is 0 Å². The van der Waals surface area contributed by atoms with Gasteiger partial charge in [-0.05, 0) is 59.2 Å². The number of methoxy groups -OCH3 is 1. The molecule has 0 aliphatic carbocycles. The van der Waals surface area contributed by atoms with Crippen molar-refractivity contribution in [1.82, 2.24) is 5.32 Å². The van der Waals surface area contributed by atoms with Gasteiger partial charge in [-0.25, -0.2) is 14.4 Å². The number of benzene rings is 1. The summed E-state index contributed by atoms with van der Waals surface area (Å²) in [5.41, 5.74) is -0.619. The van der Waals surface area contributed by atoms with E-state index < -0.39 is 35.5 Å². The lowest BCUT2D eigenvalue weighted by Gasteiger charge is -2.22. The highest BCUT2D eigenvalue weighted by atomic mass is 16.7. The number of esters is 1. The number of ether oxygens (including phenoxy) is 4. The van der Waals surface area contributed by atoms with E-state index in [9.17, 15) is 14.4 Å². The summed E-state index contributed by atoms with van der Waals surface area (Å²) >= 11 is 0. The second-order valence-electron chi connectivity index (χ2n) is 8.14. The summed E-state index contributed by atoms with van der Waals surface area (Å²) in [6.45, 7) is 10.4.